The van der Waals surface area contributed by atoms with Gasteiger partial charge in [0.2, 0.25) is 5.91 Å². The molecule has 30 heavy (non-hydrogen) atoms. The van der Waals surface area contributed by atoms with Gasteiger partial charge < -0.3 is 10.6 Å². The number of aromatic nitrogens is 2. The van der Waals surface area contributed by atoms with Gasteiger partial charge in [-0.15, -0.1) is 0 Å². The molecule has 2 amide bonds. The number of thioether (sulfide) groups is 1. The summed E-state index contributed by atoms with van der Waals surface area (Å²) in [6.45, 7) is 3.44. The Morgan fingerprint density at radius 2 is 2.07 bits per heavy atom. The minimum atomic E-state index is -0.301. The number of primary amides is 1. The van der Waals surface area contributed by atoms with Crippen LogP contribution in [-0.2, 0) is 9.59 Å². The van der Waals surface area contributed by atoms with Gasteiger partial charge in [-0.05, 0) is 38.0 Å². The van der Waals surface area contributed by atoms with Crippen molar-refractivity contribution in [2.45, 2.75) is 19.8 Å². The number of likely N-dealkylation sites (N-methyl/N-ethyl adjacent to an activating group) is 1. The fraction of sp³-hybridized carbons (Fsp3) is 0.350. The Hall–Kier alpha value is -2.72. The number of carbonyl (C=O) groups excluding carboxylic acids is 2. The van der Waals surface area contributed by atoms with Gasteiger partial charge in [-0.2, -0.15) is 0 Å². The summed E-state index contributed by atoms with van der Waals surface area (Å²) in [6, 6.07) is 5.34. The number of thiocarbonyl (C=S) groups is 1. The van der Waals surface area contributed by atoms with Gasteiger partial charge in [0.15, 0.2) is 0 Å². The number of piperidine rings is 1. The van der Waals surface area contributed by atoms with E-state index in [4.69, 9.17) is 22.9 Å². The molecule has 0 aromatic carbocycles. The highest BCUT2D eigenvalue weighted by atomic mass is 32.2. The van der Waals surface area contributed by atoms with Crippen LogP contribution in [0.15, 0.2) is 34.1 Å². The summed E-state index contributed by atoms with van der Waals surface area (Å²) in [6.07, 6.45) is 4.45. The van der Waals surface area contributed by atoms with E-state index < -0.39 is 0 Å². The number of hydrogen-bond donors (Lipinski definition) is 1. The summed E-state index contributed by atoms with van der Waals surface area (Å²) >= 11 is 6.48. The van der Waals surface area contributed by atoms with Crippen LogP contribution in [0, 0.1) is 5.92 Å². The third-order valence-corrected chi connectivity index (χ3v) is 6.79. The van der Waals surface area contributed by atoms with E-state index in [0.717, 1.165) is 0 Å². The number of nitrogens with two attached hydrogens (primary N) is 1. The van der Waals surface area contributed by atoms with Crippen molar-refractivity contribution < 1.29 is 9.59 Å². The Morgan fingerprint density at radius 1 is 1.33 bits per heavy atom. The molecule has 10 heteroatoms. The number of rotatable bonds is 4. The van der Waals surface area contributed by atoms with Crippen LogP contribution in [0.4, 0.5) is 5.82 Å². The first kappa shape index (κ1) is 20.5. The lowest BCUT2D eigenvalue weighted by Gasteiger charge is -2.32. The first-order valence-electron chi connectivity index (χ1n) is 9.71. The van der Waals surface area contributed by atoms with Gasteiger partial charge in [-0.1, -0.05) is 30.0 Å². The van der Waals surface area contributed by atoms with E-state index in [2.05, 4.69) is 0 Å². The highest BCUT2D eigenvalue weighted by Gasteiger charge is 2.32. The fourth-order valence-electron chi connectivity index (χ4n) is 3.74. The van der Waals surface area contributed by atoms with Crippen LogP contribution >= 0.6 is 24.0 Å². The SMILES string of the molecule is CCN1C(=O)C(=Cc2c(N3CCC(C(N)=O)CC3)nc3ccccn3c2=O)SC1=S. The van der Waals surface area contributed by atoms with Crippen LogP contribution in [0.3, 0.4) is 0 Å². The molecule has 0 unspecified atom stereocenters. The molecule has 0 aliphatic carbocycles. The minimum Gasteiger partial charge on any atom is -0.369 e. The van der Waals surface area contributed by atoms with E-state index >= 15 is 0 Å². The van der Waals surface area contributed by atoms with E-state index in [9.17, 15) is 14.4 Å². The van der Waals surface area contributed by atoms with Gasteiger partial charge in [-0.25, -0.2) is 4.98 Å². The van der Waals surface area contributed by atoms with Crippen LogP contribution in [0.25, 0.3) is 11.7 Å². The maximum absolute atomic E-state index is 13.3. The smallest absolute Gasteiger partial charge is 0.267 e. The standard InChI is InChI=1S/C20H21N5O3S2/c1-2-24-19(28)14(30-20(24)29)11-13-17(23-9-6-12(7-10-23)16(21)26)22-15-5-3-4-8-25(15)18(13)27/h3-5,8,11-12H,2,6-7,9-10H2,1H3,(H2,21,26). The molecule has 2 aliphatic rings. The summed E-state index contributed by atoms with van der Waals surface area (Å²) in [4.78, 5) is 46.1. The minimum absolute atomic E-state index is 0.174. The molecular weight excluding hydrogens is 422 g/mol. The lowest BCUT2D eigenvalue weighted by atomic mass is 9.96. The number of pyridine rings is 1. The lowest BCUT2D eigenvalue weighted by Crippen LogP contribution is -2.40. The van der Waals surface area contributed by atoms with E-state index in [0.29, 0.717) is 58.7 Å². The van der Waals surface area contributed by atoms with Gasteiger partial charge >= 0.3 is 0 Å². The Labute approximate surface area is 182 Å². The quantitative estimate of drug-likeness (QED) is 0.566. The Morgan fingerprint density at radius 3 is 2.70 bits per heavy atom. The number of anilines is 1. The second kappa shape index (κ2) is 8.19. The molecule has 2 aromatic rings. The summed E-state index contributed by atoms with van der Waals surface area (Å²) in [5.74, 6) is -0.170. The Balaban J connectivity index is 1.81. The average molecular weight is 444 g/mol. The number of nitrogens with zero attached hydrogens (tertiary/aromatic N) is 4. The molecule has 4 heterocycles. The first-order chi connectivity index (χ1) is 14.4. The van der Waals surface area contributed by atoms with E-state index in [1.165, 1.54) is 21.1 Å². The molecule has 0 bridgehead atoms. The zero-order valence-electron chi connectivity index (χ0n) is 16.4. The topological polar surface area (TPSA) is 101 Å². The number of amides is 2. The molecule has 8 nitrogen and oxygen atoms in total. The maximum atomic E-state index is 13.3. The van der Waals surface area contributed by atoms with E-state index in [-0.39, 0.29) is 23.3 Å². The predicted molar refractivity (Wildman–Crippen MR) is 121 cm³/mol. The van der Waals surface area contributed by atoms with Crippen molar-refractivity contribution in [1.29, 1.82) is 0 Å². The average Bonchev–Trinajstić information content (AvgIpc) is 3.02. The van der Waals surface area contributed by atoms with Crippen molar-refractivity contribution in [3.8, 4) is 0 Å². The van der Waals surface area contributed by atoms with Gasteiger partial charge in [0.1, 0.15) is 15.8 Å². The molecule has 2 saturated heterocycles. The Kier molecular flexibility index (Phi) is 5.61. The van der Waals surface area contributed by atoms with E-state index in [1.807, 2.05) is 17.9 Å². The van der Waals surface area contributed by atoms with Crippen LogP contribution in [0.1, 0.15) is 25.3 Å². The van der Waals surface area contributed by atoms with Crippen molar-refractivity contribution in [3.05, 3.63) is 45.2 Å². The van der Waals surface area contributed by atoms with Gasteiger partial charge in [0.25, 0.3) is 11.5 Å². The molecule has 2 N–H and O–H groups in total. The number of carbonyl (C=O) groups is 2. The summed E-state index contributed by atoms with van der Waals surface area (Å²) in [5, 5.41) is 0. The van der Waals surface area contributed by atoms with Crippen molar-refractivity contribution >= 4 is 57.7 Å². The van der Waals surface area contributed by atoms with Crippen LogP contribution < -0.4 is 16.2 Å². The highest BCUT2D eigenvalue weighted by molar-refractivity contribution is 8.26. The molecule has 156 valence electrons. The molecule has 0 saturated carbocycles. The third-order valence-electron chi connectivity index (χ3n) is 5.41. The predicted octanol–water partition coefficient (Wildman–Crippen LogP) is 1.62. The molecule has 2 fully saturated rings. The van der Waals surface area contributed by atoms with Crippen molar-refractivity contribution in [3.63, 3.8) is 0 Å². The molecule has 0 spiro atoms. The zero-order valence-corrected chi connectivity index (χ0v) is 18.0. The summed E-state index contributed by atoms with van der Waals surface area (Å²) < 4.78 is 1.94. The maximum Gasteiger partial charge on any atom is 0.267 e. The fourth-order valence-corrected chi connectivity index (χ4v) is 5.10. The second-order valence-corrected chi connectivity index (χ2v) is 8.85. The van der Waals surface area contributed by atoms with Crippen molar-refractivity contribution in [2.24, 2.45) is 11.7 Å². The second-order valence-electron chi connectivity index (χ2n) is 7.17. The largest absolute Gasteiger partial charge is 0.369 e. The van der Waals surface area contributed by atoms with Gasteiger partial charge in [0.05, 0.1) is 10.5 Å². The normalized spacial score (nSPS) is 19.3. The van der Waals surface area contributed by atoms with Gasteiger partial charge in [0, 0.05) is 31.7 Å². The van der Waals surface area contributed by atoms with Crippen LogP contribution in [0.2, 0.25) is 0 Å². The molecular formula is C20H21N5O3S2. The first-order valence-corrected chi connectivity index (χ1v) is 10.9. The van der Waals surface area contributed by atoms with Crippen molar-refractivity contribution in [2.75, 3.05) is 24.5 Å². The molecule has 0 atom stereocenters. The number of hydrogen-bond acceptors (Lipinski definition) is 7. The number of fused-ring (bicyclic) bond motifs is 1. The third kappa shape index (κ3) is 3.61. The Bertz CT molecular complexity index is 1130. The summed E-state index contributed by atoms with van der Waals surface area (Å²) in [5.41, 5.74) is 6.06. The summed E-state index contributed by atoms with van der Waals surface area (Å²) in [7, 11) is 0. The van der Waals surface area contributed by atoms with Gasteiger partial charge in [-0.3, -0.25) is 23.7 Å². The monoisotopic (exact) mass is 443 g/mol. The lowest BCUT2D eigenvalue weighted by molar-refractivity contribution is -0.123. The molecule has 0 radical (unpaired) electrons. The van der Waals surface area contributed by atoms with Crippen LogP contribution in [0.5, 0.6) is 0 Å². The van der Waals surface area contributed by atoms with Crippen molar-refractivity contribution in [1.82, 2.24) is 14.3 Å². The zero-order chi connectivity index (χ0) is 21.4. The molecule has 2 aromatic heterocycles. The van der Waals surface area contributed by atoms with Crippen LogP contribution in [-0.4, -0.2) is 50.1 Å². The van der Waals surface area contributed by atoms with E-state index in [1.54, 1.807) is 24.4 Å². The molecule has 2 aliphatic heterocycles. The molecule has 4 rings (SSSR count). The highest BCUT2D eigenvalue weighted by Crippen LogP contribution is 2.33.